The van der Waals surface area contributed by atoms with Crippen molar-refractivity contribution in [1.29, 1.82) is 0 Å². The van der Waals surface area contributed by atoms with Crippen LogP contribution in [0.3, 0.4) is 0 Å². The van der Waals surface area contributed by atoms with Gasteiger partial charge in [-0.05, 0) is 36.1 Å². The highest BCUT2D eigenvalue weighted by atomic mass is 32.2. The van der Waals surface area contributed by atoms with Gasteiger partial charge in [-0.1, -0.05) is 12.1 Å². The predicted molar refractivity (Wildman–Crippen MR) is 76.2 cm³/mol. The van der Waals surface area contributed by atoms with Gasteiger partial charge in [0.25, 0.3) is 0 Å². The number of hydrogen-bond donors (Lipinski definition) is 3. The molecule has 0 bridgehead atoms. The Morgan fingerprint density at radius 1 is 1.47 bits per heavy atom. The second kappa shape index (κ2) is 7.81. The molecule has 1 aromatic rings. The van der Waals surface area contributed by atoms with Crippen molar-refractivity contribution >= 4 is 23.6 Å². The Kier molecular flexibility index (Phi) is 6.38. The Labute approximate surface area is 116 Å². The van der Waals surface area contributed by atoms with Crippen LogP contribution in [0.15, 0.2) is 24.3 Å². The highest BCUT2D eigenvalue weighted by molar-refractivity contribution is 7.98. The number of nitrogens with two attached hydrogens (primary N) is 1. The average Bonchev–Trinajstić information content (AvgIpc) is 2.42. The fraction of sp³-hybridized carbons (Fsp3) is 0.385. The van der Waals surface area contributed by atoms with E-state index in [4.69, 9.17) is 10.8 Å². The predicted octanol–water partition coefficient (Wildman–Crippen LogP) is 1.08. The normalized spacial score (nSPS) is 11.9. The van der Waals surface area contributed by atoms with Gasteiger partial charge in [-0.25, -0.2) is 4.79 Å². The van der Waals surface area contributed by atoms with Crippen LogP contribution in [0.1, 0.15) is 22.3 Å². The van der Waals surface area contributed by atoms with E-state index in [-0.39, 0.29) is 18.0 Å². The van der Waals surface area contributed by atoms with Crippen molar-refractivity contribution in [2.24, 2.45) is 5.73 Å². The summed E-state index contributed by atoms with van der Waals surface area (Å²) in [5.41, 5.74) is 6.67. The third-order valence-corrected chi connectivity index (χ3v) is 3.25. The summed E-state index contributed by atoms with van der Waals surface area (Å²) in [6.45, 7) is 0.285. The van der Waals surface area contributed by atoms with Crippen molar-refractivity contribution in [3.63, 3.8) is 0 Å². The molecule has 0 heterocycles. The van der Waals surface area contributed by atoms with Gasteiger partial charge in [0, 0.05) is 6.54 Å². The summed E-state index contributed by atoms with van der Waals surface area (Å²) in [5.74, 6) is -0.358. The first-order chi connectivity index (χ1) is 9.04. The van der Waals surface area contributed by atoms with Crippen molar-refractivity contribution in [2.45, 2.75) is 19.0 Å². The molecule has 4 N–H and O–H groups in total. The van der Waals surface area contributed by atoms with Crippen LogP contribution < -0.4 is 11.1 Å². The zero-order valence-corrected chi connectivity index (χ0v) is 11.6. The van der Waals surface area contributed by atoms with E-state index in [2.05, 4.69) is 5.32 Å². The zero-order chi connectivity index (χ0) is 14.3. The van der Waals surface area contributed by atoms with E-state index in [1.807, 2.05) is 6.26 Å². The SMILES string of the molecule is CSCC[C@@H](N)C(=O)NCc1cccc(C(=O)O)c1. The minimum atomic E-state index is -0.982. The van der Waals surface area contributed by atoms with Crippen LogP contribution >= 0.6 is 11.8 Å². The van der Waals surface area contributed by atoms with Crippen molar-refractivity contribution in [2.75, 3.05) is 12.0 Å². The number of carbonyl (C=O) groups is 2. The number of hydrogen-bond acceptors (Lipinski definition) is 4. The van der Waals surface area contributed by atoms with Crippen LogP contribution in [0.2, 0.25) is 0 Å². The number of amides is 1. The number of nitrogens with one attached hydrogen (secondary N) is 1. The lowest BCUT2D eigenvalue weighted by molar-refractivity contribution is -0.122. The van der Waals surface area contributed by atoms with E-state index in [0.29, 0.717) is 6.42 Å². The lowest BCUT2D eigenvalue weighted by atomic mass is 10.1. The largest absolute Gasteiger partial charge is 0.478 e. The fourth-order valence-corrected chi connectivity index (χ4v) is 2.00. The van der Waals surface area contributed by atoms with Gasteiger partial charge in [0.15, 0.2) is 0 Å². The van der Waals surface area contributed by atoms with Crippen LogP contribution in [0.5, 0.6) is 0 Å². The topological polar surface area (TPSA) is 92.4 Å². The molecule has 0 spiro atoms. The molecule has 0 aliphatic rings. The molecule has 5 nitrogen and oxygen atoms in total. The first kappa shape index (κ1) is 15.5. The molecule has 0 unspecified atom stereocenters. The number of benzene rings is 1. The molecule has 0 aromatic heterocycles. The van der Waals surface area contributed by atoms with E-state index in [9.17, 15) is 9.59 Å². The van der Waals surface area contributed by atoms with Crippen LogP contribution in [-0.2, 0) is 11.3 Å². The monoisotopic (exact) mass is 282 g/mol. The molecule has 1 aromatic carbocycles. The first-order valence-corrected chi connectivity index (χ1v) is 7.28. The van der Waals surface area contributed by atoms with Gasteiger partial charge in [-0.15, -0.1) is 0 Å². The van der Waals surface area contributed by atoms with Crippen molar-refractivity contribution in [3.05, 3.63) is 35.4 Å². The number of carbonyl (C=O) groups excluding carboxylic acids is 1. The minimum Gasteiger partial charge on any atom is -0.478 e. The van der Waals surface area contributed by atoms with Gasteiger partial charge in [-0.3, -0.25) is 4.79 Å². The quantitative estimate of drug-likeness (QED) is 0.696. The van der Waals surface area contributed by atoms with Gasteiger partial charge in [0.05, 0.1) is 11.6 Å². The summed E-state index contributed by atoms with van der Waals surface area (Å²) in [5, 5.41) is 11.6. The zero-order valence-electron chi connectivity index (χ0n) is 10.8. The molecule has 0 radical (unpaired) electrons. The maximum absolute atomic E-state index is 11.7. The maximum atomic E-state index is 11.7. The Hall–Kier alpha value is -1.53. The third kappa shape index (κ3) is 5.32. The standard InChI is InChI=1S/C13H18N2O3S/c1-19-6-5-11(14)12(16)15-8-9-3-2-4-10(7-9)13(17)18/h2-4,7,11H,5-6,8,14H2,1H3,(H,15,16)(H,17,18)/t11-/m1/s1. The molecule has 0 aliphatic heterocycles. The highest BCUT2D eigenvalue weighted by Crippen LogP contribution is 2.05. The Morgan fingerprint density at radius 3 is 2.84 bits per heavy atom. The van der Waals surface area contributed by atoms with Gasteiger partial charge >= 0.3 is 5.97 Å². The average molecular weight is 282 g/mol. The number of thioether (sulfide) groups is 1. The second-order valence-corrected chi connectivity index (χ2v) is 5.10. The lowest BCUT2D eigenvalue weighted by Gasteiger charge is -2.11. The molecule has 6 heteroatoms. The molecule has 0 saturated carbocycles. The van der Waals surface area contributed by atoms with E-state index >= 15 is 0 Å². The third-order valence-electron chi connectivity index (χ3n) is 2.61. The molecule has 1 rings (SSSR count). The van der Waals surface area contributed by atoms with Crippen LogP contribution in [-0.4, -0.2) is 35.0 Å². The van der Waals surface area contributed by atoms with E-state index in [1.54, 1.807) is 23.9 Å². The molecule has 0 fully saturated rings. The van der Waals surface area contributed by atoms with Crippen molar-refractivity contribution in [1.82, 2.24) is 5.32 Å². The molecule has 0 aliphatic carbocycles. The van der Waals surface area contributed by atoms with Gasteiger partial charge in [0.1, 0.15) is 0 Å². The molecule has 1 atom stereocenters. The van der Waals surface area contributed by atoms with Gasteiger partial charge < -0.3 is 16.2 Å². The van der Waals surface area contributed by atoms with E-state index in [0.717, 1.165) is 11.3 Å². The molecule has 104 valence electrons. The Bertz CT molecular complexity index is 451. The minimum absolute atomic E-state index is 0.207. The highest BCUT2D eigenvalue weighted by Gasteiger charge is 2.12. The summed E-state index contributed by atoms with van der Waals surface area (Å²) < 4.78 is 0. The van der Waals surface area contributed by atoms with E-state index < -0.39 is 12.0 Å². The fourth-order valence-electron chi connectivity index (χ4n) is 1.51. The van der Waals surface area contributed by atoms with Crippen LogP contribution in [0.4, 0.5) is 0 Å². The van der Waals surface area contributed by atoms with Gasteiger partial charge in [0.2, 0.25) is 5.91 Å². The summed E-state index contributed by atoms with van der Waals surface area (Å²) in [4.78, 5) is 22.5. The number of carboxylic acids is 1. The van der Waals surface area contributed by atoms with Crippen molar-refractivity contribution in [3.8, 4) is 0 Å². The molecule has 19 heavy (non-hydrogen) atoms. The van der Waals surface area contributed by atoms with E-state index in [1.165, 1.54) is 12.1 Å². The number of carboxylic acid groups (broad SMARTS) is 1. The molecule has 1 amide bonds. The van der Waals surface area contributed by atoms with Crippen LogP contribution in [0, 0.1) is 0 Å². The summed E-state index contributed by atoms with van der Waals surface area (Å²) in [6.07, 6.45) is 2.59. The summed E-state index contributed by atoms with van der Waals surface area (Å²) in [6, 6.07) is 5.95. The smallest absolute Gasteiger partial charge is 0.335 e. The van der Waals surface area contributed by atoms with Crippen molar-refractivity contribution < 1.29 is 14.7 Å². The lowest BCUT2D eigenvalue weighted by Crippen LogP contribution is -2.40. The Morgan fingerprint density at radius 2 is 2.21 bits per heavy atom. The van der Waals surface area contributed by atoms with Gasteiger partial charge in [-0.2, -0.15) is 11.8 Å². The van der Waals surface area contributed by atoms with Crippen LogP contribution in [0.25, 0.3) is 0 Å². The number of aromatic carboxylic acids is 1. The summed E-state index contributed by atoms with van der Waals surface area (Å²) in [7, 11) is 0. The Balaban J connectivity index is 2.50. The second-order valence-electron chi connectivity index (χ2n) is 4.11. The number of rotatable bonds is 7. The first-order valence-electron chi connectivity index (χ1n) is 5.89. The molecular weight excluding hydrogens is 264 g/mol. The maximum Gasteiger partial charge on any atom is 0.335 e. The molecular formula is C13H18N2O3S. The summed E-state index contributed by atoms with van der Waals surface area (Å²) >= 11 is 1.64. The molecule has 0 saturated heterocycles.